The van der Waals surface area contributed by atoms with Crippen molar-refractivity contribution in [2.24, 2.45) is 5.11 Å². The Balaban J connectivity index is 1.95. The first-order chi connectivity index (χ1) is 7.79. The summed E-state index contributed by atoms with van der Waals surface area (Å²) in [6.07, 6.45) is -0.747. The quantitative estimate of drug-likeness (QED) is 0.339. The molecule has 1 heterocycles. The zero-order valence-corrected chi connectivity index (χ0v) is 8.37. The molecule has 0 aliphatic carbocycles. The fraction of sp³-hybridized carbons (Fsp3) is 0.300. The Kier molecular flexibility index (Phi) is 3.05. The highest BCUT2D eigenvalue weighted by Crippen LogP contribution is 2.29. The second-order valence-corrected chi connectivity index (χ2v) is 3.31. The van der Waals surface area contributed by atoms with Gasteiger partial charge in [-0.25, -0.2) is 4.79 Å². The van der Waals surface area contributed by atoms with Crippen LogP contribution in [0.4, 0.5) is 4.79 Å². The normalized spacial score (nSPS) is 17.4. The second kappa shape index (κ2) is 4.65. The van der Waals surface area contributed by atoms with E-state index in [1.807, 2.05) is 24.3 Å². The largest absolute Gasteiger partial charge is 0.456 e. The number of ether oxygens (including phenoxy) is 2. The Morgan fingerprint density at radius 2 is 2.50 bits per heavy atom. The van der Waals surface area contributed by atoms with Gasteiger partial charge in [0.05, 0.1) is 6.61 Å². The van der Waals surface area contributed by atoms with Gasteiger partial charge in [-0.3, -0.25) is 0 Å². The zero-order chi connectivity index (χ0) is 11.4. The molecule has 1 amide bonds. The number of hydrogen-bond donors (Lipinski definition) is 0. The second-order valence-electron chi connectivity index (χ2n) is 3.31. The van der Waals surface area contributed by atoms with Crippen molar-refractivity contribution in [3.8, 4) is 0 Å². The number of nitrogens with zero attached hydrogens (tertiary/aromatic N) is 3. The van der Waals surface area contributed by atoms with Gasteiger partial charge in [0, 0.05) is 10.0 Å². The molecule has 1 atom stereocenters. The van der Waals surface area contributed by atoms with Crippen LogP contribution in [0.25, 0.3) is 10.4 Å². The maximum atomic E-state index is 10.8. The molecule has 1 aliphatic heterocycles. The molecule has 6 heteroatoms. The summed E-state index contributed by atoms with van der Waals surface area (Å²) in [6, 6.07) is 7.56. The first kappa shape index (κ1) is 10.5. The van der Waals surface area contributed by atoms with Crippen molar-refractivity contribution in [1.82, 2.24) is 0 Å². The molecule has 1 saturated heterocycles. The third-order valence-electron chi connectivity index (χ3n) is 2.14. The molecule has 1 aromatic carbocycles. The maximum Gasteiger partial charge on any atom is 0.397 e. The van der Waals surface area contributed by atoms with Gasteiger partial charge in [0.2, 0.25) is 0 Å². The van der Waals surface area contributed by atoms with Gasteiger partial charge < -0.3 is 9.47 Å². The molecule has 0 spiro atoms. The predicted molar refractivity (Wildman–Crippen MR) is 54.5 cm³/mol. The van der Waals surface area contributed by atoms with Crippen LogP contribution < -0.4 is 0 Å². The zero-order valence-electron chi connectivity index (χ0n) is 8.37. The minimum atomic E-state index is -0.921. The van der Waals surface area contributed by atoms with Gasteiger partial charge in [0.25, 0.3) is 0 Å². The van der Waals surface area contributed by atoms with Crippen LogP contribution in [-0.2, 0) is 16.1 Å². The third kappa shape index (κ3) is 2.73. The fourth-order valence-electron chi connectivity index (χ4n) is 1.33. The molecule has 0 N–H and O–H groups in total. The summed E-state index contributed by atoms with van der Waals surface area (Å²) in [5, 5.41) is 2.80. The topological polar surface area (TPSA) is 87.6 Å². The highest BCUT2D eigenvalue weighted by molar-refractivity contribution is 5.67. The lowest BCUT2D eigenvalue weighted by Gasteiger charge is -2.03. The molecule has 2 rings (SSSR count). The number of epoxide rings is 1. The Morgan fingerprint density at radius 3 is 3.19 bits per heavy atom. The van der Waals surface area contributed by atoms with Gasteiger partial charge in [-0.05, 0) is 22.7 Å². The molecule has 1 aromatic rings. The van der Waals surface area contributed by atoms with Crippen molar-refractivity contribution >= 4 is 6.09 Å². The molecule has 0 saturated carbocycles. The maximum absolute atomic E-state index is 10.8. The smallest absolute Gasteiger partial charge is 0.397 e. The lowest BCUT2D eigenvalue weighted by molar-refractivity contribution is 0.150. The van der Waals surface area contributed by atoms with E-state index in [9.17, 15) is 4.79 Å². The van der Waals surface area contributed by atoms with Crippen molar-refractivity contribution in [2.75, 3.05) is 6.61 Å². The van der Waals surface area contributed by atoms with Gasteiger partial charge >= 0.3 is 6.09 Å². The highest BCUT2D eigenvalue weighted by Gasteiger charge is 2.24. The van der Waals surface area contributed by atoms with Gasteiger partial charge in [-0.1, -0.05) is 18.2 Å². The van der Waals surface area contributed by atoms with Crippen LogP contribution in [0.15, 0.2) is 29.4 Å². The summed E-state index contributed by atoms with van der Waals surface area (Å²) in [6.45, 7) is 0.834. The minimum Gasteiger partial charge on any atom is -0.456 e. The van der Waals surface area contributed by atoms with E-state index in [0.717, 1.165) is 17.7 Å². The molecular formula is C10H9N3O3. The molecule has 6 nitrogen and oxygen atoms in total. The van der Waals surface area contributed by atoms with E-state index >= 15 is 0 Å². The van der Waals surface area contributed by atoms with Gasteiger partial charge in [-0.15, -0.1) is 0 Å². The van der Waals surface area contributed by atoms with E-state index in [4.69, 9.17) is 15.0 Å². The van der Waals surface area contributed by atoms with Crippen LogP contribution in [0, 0.1) is 0 Å². The van der Waals surface area contributed by atoms with Gasteiger partial charge in [-0.2, -0.15) is 0 Å². The van der Waals surface area contributed by atoms with Crippen molar-refractivity contribution < 1.29 is 14.3 Å². The average Bonchev–Trinajstić information content (AvgIpc) is 3.11. The molecule has 0 radical (unpaired) electrons. The molecule has 1 unspecified atom stereocenters. The summed E-state index contributed by atoms with van der Waals surface area (Å²) >= 11 is 0. The molecule has 0 bridgehead atoms. The van der Waals surface area contributed by atoms with E-state index in [2.05, 4.69) is 10.0 Å². The van der Waals surface area contributed by atoms with Crippen LogP contribution in [0.2, 0.25) is 0 Å². The van der Waals surface area contributed by atoms with Crippen molar-refractivity contribution in [2.45, 2.75) is 12.7 Å². The average molecular weight is 219 g/mol. The highest BCUT2D eigenvalue weighted by atomic mass is 16.6. The first-order valence-corrected chi connectivity index (χ1v) is 4.72. The lowest BCUT2D eigenvalue weighted by Crippen LogP contribution is -1.98. The number of amides is 1. The summed E-state index contributed by atoms with van der Waals surface area (Å²) in [4.78, 5) is 13.1. The van der Waals surface area contributed by atoms with Crippen LogP contribution in [0.3, 0.4) is 0 Å². The van der Waals surface area contributed by atoms with Crippen LogP contribution >= 0.6 is 0 Å². The van der Waals surface area contributed by atoms with Crippen molar-refractivity contribution in [3.63, 3.8) is 0 Å². The SMILES string of the molecule is [N-]=[N+]=NC(=O)OCc1cccc(C2CO2)c1. The van der Waals surface area contributed by atoms with E-state index in [1.54, 1.807) is 0 Å². The van der Waals surface area contributed by atoms with Gasteiger partial charge in [0.1, 0.15) is 12.7 Å². The molecular weight excluding hydrogens is 210 g/mol. The summed E-state index contributed by atoms with van der Waals surface area (Å²) in [7, 11) is 0. The summed E-state index contributed by atoms with van der Waals surface area (Å²) in [5.41, 5.74) is 9.91. The Labute approximate surface area is 91.4 Å². The Bertz CT molecular complexity index is 450. The first-order valence-electron chi connectivity index (χ1n) is 4.72. The Morgan fingerprint density at radius 1 is 1.69 bits per heavy atom. The van der Waals surface area contributed by atoms with Crippen LogP contribution in [0.1, 0.15) is 17.2 Å². The summed E-state index contributed by atoms with van der Waals surface area (Å²) in [5.74, 6) is 0. The molecule has 1 aliphatic rings. The number of hydrogen-bond acceptors (Lipinski definition) is 3. The Hall–Kier alpha value is -2.04. The van der Waals surface area contributed by atoms with E-state index in [1.165, 1.54) is 0 Å². The molecule has 1 fully saturated rings. The monoisotopic (exact) mass is 219 g/mol. The minimum absolute atomic E-state index is 0.0956. The molecule has 0 aromatic heterocycles. The summed E-state index contributed by atoms with van der Waals surface area (Å²) < 4.78 is 9.86. The number of benzene rings is 1. The van der Waals surface area contributed by atoms with Crippen LogP contribution in [0.5, 0.6) is 0 Å². The number of carbonyl (C=O) groups excluding carboxylic acids is 1. The van der Waals surface area contributed by atoms with E-state index < -0.39 is 6.09 Å². The number of azide groups is 1. The van der Waals surface area contributed by atoms with E-state index in [0.29, 0.717) is 0 Å². The molecule has 82 valence electrons. The van der Waals surface area contributed by atoms with E-state index in [-0.39, 0.29) is 12.7 Å². The predicted octanol–water partition coefficient (Wildman–Crippen LogP) is 2.70. The standard InChI is InChI=1S/C10H9N3O3/c11-13-12-10(14)16-5-7-2-1-3-8(4-7)9-6-15-9/h1-4,9H,5-6H2. The fourth-order valence-corrected chi connectivity index (χ4v) is 1.33. The number of rotatable bonds is 3. The third-order valence-corrected chi connectivity index (χ3v) is 2.14. The van der Waals surface area contributed by atoms with Gasteiger partial charge in [0.15, 0.2) is 0 Å². The van der Waals surface area contributed by atoms with Crippen molar-refractivity contribution in [3.05, 3.63) is 45.8 Å². The lowest BCUT2D eigenvalue weighted by atomic mass is 10.1. The number of carbonyl (C=O) groups is 1. The van der Waals surface area contributed by atoms with Crippen LogP contribution in [-0.4, -0.2) is 12.7 Å². The molecule has 16 heavy (non-hydrogen) atoms. The van der Waals surface area contributed by atoms with Crippen molar-refractivity contribution in [1.29, 1.82) is 0 Å².